The molecule has 0 bridgehead atoms. The van der Waals surface area contributed by atoms with Crippen molar-refractivity contribution in [2.24, 2.45) is 0 Å². The van der Waals surface area contributed by atoms with Crippen LogP contribution in [0.3, 0.4) is 0 Å². The Morgan fingerprint density at radius 3 is 1.71 bits per heavy atom. The van der Waals surface area contributed by atoms with Gasteiger partial charge in [0.15, 0.2) is 11.6 Å². The third kappa shape index (κ3) is 2.61. The Bertz CT molecular complexity index is 114. The Morgan fingerprint density at radius 2 is 1.57 bits per heavy atom. The van der Waals surface area contributed by atoms with E-state index in [1.54, 1.807) is 23.8 Å². The van der Waals surface area contributed by atoms with E-state index in [1.807, 2.05) is 0 Å². The topological polar surface area (TPSA) is 17.1 Å². The first-order valence-electron chi connectivity index (χ1n) is 1.70. The summed E-state index contributed by atoms with van der Waals surface area (Å²) in [5.74, 6) is 3.35. The van der Waals surface area contributed by atoms with Crippen molar-refractivity contribution in [3.05, 3.63) is 23.8 Å². The molecule has 7 heavy (non-hydrogen) atoms. The van der Waals surface area contributed by atoms with Gasteiger partial charge in [0, 0.05) is 37.7 Å². The Labute approximate surface area is 73.3 Å². The van der Waals surface area contributed by atoms with Gasteiger partial charge in [-0.2, -0.15) is 0 Å². The minimum Gasteiger partial charge on any atom is -0.0627 e. The third-order valence-electron chi connectivity index (χ3n) is 0.577. The Hall–Kier alpha value is 0.840. The van der Waals surface area contributed by atoms with Crippen LogP contribution in [0.1, 0.15) is 0 Å². The van der Waals surface area contributed by atoms with Crippen LogP contribution in [0.4, 0.5) is 0 Å². The van der Waals surface area contributed by atoms with Crippen LogP contribution in [0.5, 0.6) is 0 Å². The smallest absolute Gasteiger partial charge is 0.0627 e. The number of allylic oxidation sites excluding steroid dienone is 2. The molecule has 0 aromatic heterocycles. The van der Waals surface area contributed by atoms with E-state index in [0.717, 1.165) is 0 Å². The quantitative estimate of drug-likeness (QED) is 0.367. The minimum absolute atomic E-state index is 0. The van der Waals surface area contributed by atoms with Gasteiger partial charge in [0.1, 0.15) is 0 Å². The van der Waals surface area contributed by atoms with Gasteiger partial charge in [-0.15, -0.1) is 0 Å². The molecule has 1 rings (SSSR count). The number of hydrogen-bond donors (Lipinski definition) is 0. The van der Waals surface area contributed by atoms with E-state index in [0.29, 0.717) is 0 Å². The molecule has 0 amide bonds. The van der Waals surface area contributed by atoms with E-state index >= 15 is 0 Å². The molecule has 3 heteroatoms. The van der Waals surface area contributed by atoms with Crippen LogP contribution in [0, 0.1) is 0 Å². The second-order valence-electron chi connectivity index (χ2n) is 1.04. The molecule has 0 unspecified atom stereocenters. The molecule has 2 radical (unpaired) electrons. The van der Waals surface area contributed by atoms with E-state index in [1.165, 1.54) is 0 Å². The average Bonchev–Trinajstić information content (AvgIpc) is 1.86. The molecule has 1 nitrogen and oxygen atoms in total. The van der Waals surface area contributed by atoms with Crippen molar-refractivity contribution >= 4 is 45.5 Å². The Balaban J connectivity index is 0.000000360. The van der Waals surface area contributed by atoms with Gasteiger partial charge >= 0.3 is 7.80 Å². The van der Waals surface area contributed by atoms with E-state index in [2.05, 4.69) is 0 Å². The van der Waals surface area contributed by atoms with Crippen molar-refractivity contribution in [3.8, 4) is 0 Å². The fourth-order valence-electron chi connectivity index (χ4n) is 0.319. The van der Waals surface area contributed by atoms with Crippen molar-refractivity contribution in [1.82, 2.24) is 0 Å². The largest absolute Gasteiger partial charge is 0.399 e. The summed E-state index contributed by atoms with van der Waals surface area (Å²) >= 11 is 0. The Kier molecular flexibility index (Phi) is 4.25. The third-order valence-corrected chi connectivity index (χ3v) is 1.51. The molecule has 0 saturated heterocycles. The van der Waals surface area contributed by atoms with Crippen molar-refractivity contribution in [3.63, 3.8) is 0 Å². The summed E-state index contributed by atoms with van der Waals surface area (Å²) in [6, 6.07) is 0. The van der Waals surface area contributed by atoms with Gasteiger partial charge in [-0.3, -0.25) is 0 Å². The maximum Gasteiger partial charge on any atom is 0.399 e. The fraction of sp³-hybridized carbons (Fsp3) is 0. The molecule has 0 spiro atoms. The number of hydrogen-bond acceptors (Lipinski definition) is 1. The van der Waals surface area contributed by atoms with Gasteiger partial charge < -0.3 is 0 Å². The summed E-state index contributed by atoms with van der Waals surface area (Å²) in [7, 11) is -1.08. The van der Waals surface area contributed by atoms with Crippen LogP contribution in [0.2, 0.25) is 0 Å². The average molecular weight is 139 g/mol. The zero-order chi connectivity index (χ0) is 4.41. The van der Waals surface area contributed by atoms with Gasteiger partial charge in [-0.25, -0.2) is 0 Å². The number of rotatable bonds is 0. The molecule has 0 atom stereocenters. The van der Waals surface area contributed by atoms with Gasteiger partial charge in [-0.05, 0) is 12.2 Å². The zero-order valence-electron chi connectivity index (χ0n) is 3.87. The first-order valence-corrected chi connectivity index (χ1v) is 3.10. The standard InChI is InChI=1S/C4H4OP.Ca/c5-6-3-1-2-4-6;/h1-4H;/q+1;. The fourth-order valence-corrected chi connectivity index (χ4v) is 0.956. The van der Waals surface area contributed by atoms with Crippen LogP contribution in [-0.4, -0.2) is 37.7 Å². The first kappa shape index (κ1) is 7.84. The summed E-state index contributed by atoms with van der Waals surface area (Å²) in [6.45, 7) is 0. The first-order chi connectivity index (χ1) is 2.89. The molecule has 0 saturated carbocycles. The van der Waals surface area contributed by atoms with Gasteiger partial charge in [0.2, 0.25) is 0 Å². The molecule has 0 aliphatic carbocycles. The molecule has 32 valence electrons. The Morgan fingerprint density at radius 1 is 1.14 bits per heavy atom. The summed E-state index contributed by atoms with van der Waals surface area (Å²) < 4.78 is 10.2. The van der Waals surface area contributed by atoms with Gasteiger partial charge in [0.05, 0.1) is 0 Å². The van der Waals surface area contributed by atoms with E-state index in [-0.39, 0.29) is 37.7 Å². The zero-order valence-corrected chi connectivity index (χ0v) is 6.97. The van der Waals surface area contributed by atoms with E-state index < -0.39 is 7.80 Å². The summed E-state index contributed by atoms with van der Waals surface area (Å²) in [5.41, 5.74) is 0. The molecule has 0 aromatic carbocycles. The molecule has 1 aliphatic heterocycles. The SMILES string of the molecule is O=[P+]1C=CC=C1.[Ca]. The second kappa shape index (κ2) is 3.80. The van der Waals surface area contributed by atoms with E-state index in [4.69, 9.17) is 0 Å². The van der Waals surface area contributed by atoms with Crippen LogP contribution in [0.25, 0.3) is 0 Å². The summed E-state index contributed by atoms with van der Waals surface area (Å²) in [5, 5.41) is 0. The predicted octanol–water partition coefficient (Wildman–Crippen LogP) is 1.47. The molecule has 0 fully saturated rings. The minimum atomic E-state index is -1.08. The summed E-state index contributed by atoms with van der Waals surface area (Å²) in [6.07, 6.45) is 3.58. The van der Waals surface area contributed by atoms with Crippen LogP contribution >= 0.6 is 7.80 Å². The monoisotopic (exact) mass is 139 g/mol. The molecule has 1 heterocycles. The van der Waals surface area contributed by atoms with Crippen molar-refractivity contribution < 1.29 is 4.57 Å². The maximum absolute atomic E-state index is 10.2. The molecular formula is C4H4CaOP+. The normalized spacial score (nSPS) is 14.6. The van der Waals surface area contributed by atoms with Gasteiger partial charge in [0.25, 0.3) is 0 Å². The molecule has 0 aromatic rings. The van der Waals surface area contributed by atoms with Crippen molar-refractivity contribution in [1.29, 1.82) is 0 Å². The van der Waals surface area contributed by atoms with Crippen molar-refractivity contribution in [2.75, 3.05) is 0 Å². The molecular weight excluding hydrogens is 135 g/mol. The van der Waals surface area contributed by atoms with Gasteiger partial charge in [-0.1, -0.05) is 4.57 Å². The van der Waals surface area contributed by atoms with Crippen LogP contribution in [0.15, 0.2) is 23.8 Å². The van der Waals surface area contributed by atoms with Crippen molar-refractivity contribution in [2.45, 2.75) is 0 Å². The summed E-state index contributed by atoms with van der Waals surface area (Å²) in [4.78, 5) is 0. The molecule has 0 N–H and O–H groups in total. The maximum atomic E-state index is 10.2. The van der Waals surface area contributed by atoms with Crippen LogP contribution < -0.4 is 0 Å². The van der Waals surface area contributed by atoms with E-state index in [9.17, 15) is 4.57 Å². The van der Waals surface area contributed by atoms with Crippen LogP contribution in [-0.2, 0) is 4.57 Å². The predicted molar refractivity (Wildman–Crippen MR) is 31.6 cm³/mol. The molecule has 1 aliphatic rings. The second-order valence-corrected chi connectivity index (χ2v) is 2.36.